The Morgan fingerprint density at radius 1 is 0.893 bits per heavy atom. The highest BCUT2D eigenvalue weighted by Crippen LogP contribution is 2.43. The van der Waals surface area contributed by atoms with E-state index in [0.29, 0.717) is 5.92 Å². The summed E-state index contributed by atoms with van der Waals surface area (Å²) >= 11 is 0. The van der Waals surface area contributed by atoms with Crippen molar-refractivity contribution in [3.05, 3.63) is 102 Å². The van der Waals surface area contributed by atoms with Crippen LogP contribution in [0.15, 0.2) is 95.0 Å². The third-order valence-corrected chi connectivity index (χ3v) is 5.75. The molecule has 0 spiro atoms. The Labute approximate surface area is 163 Å². The first kappa shape index (κ1) is 15.5. The molecule has 2 heteroatoms. The van der Waals surface area contributed by atoms with Gasteiger partial charge in [0.05, 0.1) is 5.69 Å². The van der Waals surface area contributed by atoms with Gasteiger partial charge in [-0.15, -0.1) is 0 Å². The third kappa shape index (κ3) is 2.35. The van der Waals surface area contributed by atoms with Crippen LogP contribution in [0.2, 0.25) is 0 Å². The van der Waals surface area contributed by atoms with Crippen LogP contribution in [-0.4, -0.2) is 0 Å². The van der Waals surface area contributed by atoms with E-state index in [4.69, 9.17) is 4.42 Å². The highest BCUT2D eigenvalue weighted by Gasteiger charge is 2.25. The maximum absolute atomic E-state index is 6.38. The molecule has 2 aliphatic rings. The number of fused-ring (bicyclic) bond motifs is 6. The summed E-state index contributed by atoms with van der Waals surface area (Å²) in [5.74, 6) is 1.51. The van der Waals surface area contributed by atoms with Gasteiger partial charge in [0.15, 0.2) is 0 Å². The summed E-state index contributed by atoms with van der Waals surface area (Å²) < 4.78 is 6.38. The fourth-order valence-corrected chi connectivity index (χ4v) is 4.43. The first-order chi connectivity index (χ1) is 13.9. The molecule has 0 bridgehead atoms. The van der Waals surface area contributed by atoms with E-state index in [1.165, 1.54) is 27.3 Å². The van der Waals surface area contributed by atoms with Crippen LogP contribution in [0.4, 0.5) is 11.4 Å². The molecule has 1 aromatic heterocycles. The zero-order chi connectivity index (χ0) is 18.5. The lowest BCUT2D eigenvalue weighted by atomic mass is 9.83. The predicted molar refractivity (Wildman–Crippen MR) is 117 cm³/mol. The van der Waals surface area contributed by atoms with Crippen molar-refractivity contribution in [2.75, 3.05) is 5.32 Å². The van der Waals surface area contributed by atoms with Gasteiger partial charge in [-0.1, -0.05) is 66.8 Å². The van der Waals surface area contributed by atoms with Crippen molar-refractivity contribution in [2.45, 2.75) is 6.42 Å². The molecule has 28 heavy (non-hydrogen) atoms. The molecule has 4 aromatic rings. The molecule has 1 heterocycles. The standard InChI is InChI=1S/C26H19NO/c1-2-10-19(11-3-1)27-23-16-25-26(21-13-7-6-12-20(21)23)22-14-17-8-4-5-9-18(17)15-24(22)28-25/h1-14,16,18,27H,15H2. The molecule has 0 fully saturated rings. The van der Waals surface area contributed by atoms with Crippen LogP contribution in [0.5, 0.6) is 0 Å². The quantitative estimate of drug-likeness (QED) is 0.415. The van der Waals surface area contributed by atoms with Gasteiger partial charge < -0.3 is 9.73 Å². The van der Waals surface area contributed by atoms with Gasteiger partial charge in [-0.25, -0.2) is 0 Å². The molecular weight excluding hydrogens is 342 g/mol. The minimum absolute atomic E-state index is 0.422. The van der Waals surface area contributed by atoms with Gasteiger partial charge in [0.1, 0.15) is 11.3 Å². The number of para-hydroxylation sites is 1. The van der Waals surface area contributed by atoms with Gasteiger partial charge >= 0.3 is 0 Å². The molecule has 0 amide bonds. The molecule has 1 N–H and O–H groups in total. The Morgan fingerprint density at radius 2 is 1.71 bits per heavy atom. The zero-order valence-corrected chi connectivity index (χ0v) is 15.4. The lowest BCUT2D eigenvalue weighted by Gasteiger charge is -2.20. The Kier molecular flexibility index (Phi) is 3.33. The minimum atomic E-state index is 0.422. The zero-order valence-electron chi connectivity index (χ0n) is 15.4. The highest BCUT2D eigenvalue weighted by atomic mass is 16.3. The minimum Gasteiger partial charge on any atom is -0.460 e. The molecule has 6 rings (SSSR count). The van der Waals surface area contributed by atoms with Crippen LogP contribution in [0.1, 0.15) is 11.3 Å². The number of hydrogen-bond donors (Lipinski definition) is 1. The van der Waals surface area contributed by atoms with Crippen LogP contribution < -0.4 is 5.32 Å². The van der Waals surface area contributed by atoms with E-state index in [1.54, 1.807) is 0 Å². The largest absolute Gasteiger partial charge is 0.460 e. The van der Waals surface area contributed by atoms with Gasteiger partial charge in [0.2, 0.25) is 0 Å². The van der Waals surface area contributed by atoms with Gasteiger partial charge in [-0.2, -0.15) is 0 Å². The second kappa shape index (κ2) is 6.00. The smallest absolute Gasteiger partial charge is 0.137 e. The van der Waals surface area contributed by atoms with Crippen LogP contribution >= 0.6 is 0 Å². The van der Waals surface area contributed by atoms with Gasteiger partial charge in [-0.05, 0) is 29.2 Å². The summed E-state index contributed by atoms with van der Waals surface area (Å²) in [7, 11) is 0. The van der Waals surface area contributed by atoms with Gasteiger partial charge in [-0.3, -0.25) is 0 Å². The van der Waals surface area contributed by atoms with Crippen LogP contribution in [0, 0.1) is 5.92 Å². The number of allylic oxidation sites excluding steroid dienone is 5. The topological polar surface area (TPSA) is 25.2 Å². The summed E-state index contributed by atoms with van der Waals surface area (Å²) in [5.41, 5.74) is 5.71. The molecule has 0 saturated heterocycles. The Morgan fingerprint density at radius 3 is 2.61 bits per heavy atom. The van der Waals surface area contributed by atoms with Crippen LogP contribution in [-0.2, 0) is 6.42 Å². The molecule has 1 unspecified atom stereocenters. The predicted octanol–water partition coefficient (Wildman–Crippen LogP) is 7.01. The lowest BCUT2D eigenvalue weighted by Crippen LogP contribution is -2.10. The average molecular weight is 361 g/mol. The van der Waals surface area contributed by atoms with Crippen molar-refractivity contribution in [1.29, 1.82) is 0 Å². The fraction of sp³-hybridized carbons (Fsp3) is 0.0769. The second-order valence-corrected chi connectivity index (χ2v) is 7.47. The Balaban J connectivity index is 1.60. The summed E-state index contributed by atoms with van der Waals surface area (Å²) in [6, 6.07) is 21.0. The molecule has 1 atom stereocenters. The summed E-state index contributed by atoms with van der Waals surface area (Å²) in [6.07, 6.45) is 12.0. The van der Waals surface area contributed by atoms with Crippen molar-refractivity contribution < 1.29 is 4.42 Å². The van der Waals surface area contributed by atoms with Crippen LogP contribution in [0.3, 0.4) is 0 Å². The first-order valence-electron chi connectivity index (χ1n) is 9.72. The number of benzene rings is 3. The van der Waals surface area contributed by atoms with E-state index >= 15 is 0 Å². The molecule has 134 valence electrons. The van der Waals surface area contributed by atoms with Gasteiger partial charge in [0.25, 0.3) is 0 Å². The van der Waals surface area contributed by atoms with Gasteiger partial charge in [0, 0.05) is 40.4 Å². The van der Waals surface area contributed by atoms with E-state index in [0.717, 1.165) is 29.1 Å². The summed E-state index contributed by atoms with van der Waals surface area (Å²) in [6.45, 7) is 0. The van der Waals surface area contributed by atoms with E-state index in [1.807, 2.05) is 18.2 Å². The maximum Gasteiger partial charge on any atom is 0.137 e. The highest BCUT2D eigenvalue weighted by molar-refractivity contribution is 6.15. The number of hydrogen-bond acceptors (Lipinski definition) is 2. The average Bonchev–Trinajstić information content (AvgIpc) is 3.10. The van der Waals surface area contributed by atoms with Crippen molar-refractivity contribution >= 4 is 39.2 Å². The van der Waals surface area contributed by atoms with Crippen molar-refractivity contribution in [2.24, 2.45) is 5.92 Å². The molecule has 0 aliphatic heterocycles. The normalized spacial score (nSPS) is 17.4. The summed E-state index contributed by atoms with van der Waals surface area (Å²) in [4.78, 5) is 0. The van der Waals surface area contributed by atoms with E-state index in [9.17, 15) is 0 Å². The number of furan rings is 1. The summed E-state index contributed by atoms with van der Waals surface area (Å²) in [5, 5.41) is 7.23. The maximum atomic E-state index is 6.38. The molecule has 0 radical (unpaired) electrons. The molecule has 0 saturated carbocycles. The van der Waals surface area contributed by atoms with Crippen molar-refractivity contribution in [3.63, 3.8) is 0 Å². The second-order valence-electron chi connectivity index (χ2n) is 7.47. The monoisotopic (exact) mass is 361 g/mol. The molecule has 2 nitrogen and oxygen atoms in total. The fourth-order valence-electron chi connectivity index (χ4n) is 4.43. The Hall–Kier alpha value is -3.52. The van der Waals surface area contributed by atoms with E-state index in [2.05, 4.69) is 78.2 Å². The Bertz CT molecular complexity index is 1300. The lowest BCUT2D eigenvalue weighted by molar-refractivity contribution is 0.521. The number of anilines is 2. The third-order valence-electron chi connectivity index (χ3n) is 5.75. The molecular formula is C26H19NO. The SMILES string of the molecule is C1=CC2=Cc3c(oc4cc(Nc5ccccc5)c5ccccc5c34)CC2C=C1. The first-order valence-corrected chi connectivity index (χ1v) is 9.72. The van der Waals surface area contributed by atoms with E-state index < -0.39 is 0 Å². The number of nitrogens with one attached hydrogen (secondary N) is 1. The van der Waals surface area contributed by atoms with Crippen molar-refractivity contribution in [3.8, 4) is 0 Å². The van der Waals surface area contributed by atoms with E-state index in [-0.39, 0.29) is 0 Å². The van der Waals surface area contributed by atoms with Crippen LogP contribution in [0.25, 0.3) is 27.8 Å². The van der Waals surface area contributed by atoms with Crippen molar-refractivity contribution in [1.82, 2.24) is 0 Å². The molecule has 2 aliphatic carbocycles. The molecule has 3 aromatic carbocycles. The number of rotatable bonds is 2.